The van der Waals surface area contributed by atoms with Crippen LogP contribution in [0.4, 0.5) is 0 Å². The number of hydrogen-bond acceptors (Lipinski definition) is 0. The third-order valence-electron chi connectivity index (χ3n) is 13.7. The van der Waals surface area contributed by atoms with Crippen LogP contribution in [0.2, 0.25) is 0 Å². The Hall–Kier alpha value is -8.20. The molecule has 14 rings (SSSR count). The van der Waals surface area contributed by atoms with E-state index >= 15 is 0 Å². The van der Waals surface area contributed by atoms with Crippen LogP contribution in [0, 0.1) is 0 Å². The molecule has 0 amide bonds. The van der Waals surface area contributed by atoms with Crippen molar-refractivity contribution in [3.05, 3.63) is 218 Å². The van der Waals surface area contributed by atoms with E-state index in [0.717, 1.165) is 5.69 Å². The van der Waals surface area contributed by atoms with Gasteiger partial charge in [0, 0.05) is 38.0 Å². The van der Waals surface area contributed by atoms with E-state index in [1.807, 2.05) is 0 Å². The monoisotopic (exact) mass is 784 g/mol. The Morgan fingerprint density at radius 3 is 1.61 bits per heavy atom. The molecule has 2 heteroatoms. The third kappa shape index (κ3) is 4.58. The van der Waals surface area contributed by atoms with Crippen molar-refractivity contribution in [2.75, 3.05) is 0 Å². The van der Waals surface area contributed by atoms with Gasteiger partial charge in [0.15, 0.2) is 0 Å². The van der Waals surface area contributed by atoms with E-state index in [4.69, 9.17) is 0 Å². The third-order valence-corrected chi connectivity index (χ3v) is 13.7. The van der Waals surface area contributed by atoms with Crippen molar-refractivity contribution in [3.8, 4) is 55.9 Å². The lowest BCUT2D eigenvalue weighted by Crippen LogP contribution is -1.97. The predicted molar refractivity (Wildman–Crippen MR) is 263 cm³/mol. The molecule has 11 aromatic carbocycles. The van der Waals surface area contributed by atoms with Gasteiger partial charge in [-0.3, -0.25) is 0 Å². The molecule has 0 aliphatic heterocycles. The summed E-state index contributed by atoms with van der Waals surface area (Å²) in [4.78, 5) is 0. The van der Waals surface area contributed by atoms with Crippen molar-refractivity contribution >= 4 is 75.9 Å². The van der Waals surface area contributed by atoms with E-state index < -0.39 is 0 Å². The SMILES string of the molecule is c1ccc(-n2c3ccccc3c3ccc(-c4ccc5c6ccc7ccccc7c6n(-c6cccc7c(-c8ccc9c%10c(cccc8%10)-c8ccccc8-9)cccc67)c5c4)cc32)cc1. The van der Waals surface area contributed by atoms with Gasteiger partial charge in [0.1, 0.15) is 0 Å². The summed E-state index contributed by atoms with van der Waals surface area (Å²) in [5, 5.41) is 12.6. The first kappa shape index (κ1) is 33.6. The lowest BCUT2D eigenvalue weighted by atomic mass is 9.91. The molecule has 2 nitrogen and oxygen atoms in total. The molecule has 0 radical (unpaired) electrons. The highest BCUT2D eigenvalue weighted by Crippen LogP contribution is 2.50. The van der Waals surface area contributed by atoms with Crippen LogP contribution in [-0.4, -0.2) is 9.13 Å². The highest BCUT2D eigenvalue weighted by molar-refractivity contribution is 6.22. The first-order chi connectivity index (χ1) is 30.8. The van der Waals surface area contributed by atoms with E-state index in [9.17, 15) is 0 Å². The van der Waals surface area contributed by atoms with Crippen molar-refractivity contribution in [1.82, 2.24) is 9.13 Å². The van der Waals surface area contributed by atoms with E-state index in [1.165, 1.54) is 126 Å². The fourth-order valence-electron chi connectivity index (χ4n) is 11.0. The average molecular weight is 785 g/mol. The Morgan fingerprint density at radius 1 is 0.258 bits per heavy atom. The molecule has 1 aliphatic carbocycles. The van der Waals surface area contributed by atoms with Crippen LogP contribution < -0.4 is 0 Å². The molecule has 0 fully saturated rings. The zero-order valence-corrected chi connectivity index (χ0v) is 33.7. The highest BCUT2D eigenvalue weighted by Gasteiger charge is 2.24. The molecule has 0 N–H and O–H groups in total. The number of hydrogen-bond donors (Lipinski definition) is 0. The summed E-state index contributed by atoms with van der Waals surface area (Å²) >= 11 is 0. The normalized spacial score (nSPS) is 12.2. The molecule has 0 bridgehead atoms. The minimum Gasteiger partial charge on any atom is -0.309 e. The van der Waals surface area contributed by atoms with Crippen LogP contribution in [0.5, 0.6) is 0 Å². The second kappa shape index (κ2) is 12.7. The molecule has 0 spiro atoms. The van der Waals surface area contributed by atoms with Crippen molar-refractivity contribution in [2.45, 2.75) is 0 Å². The largest absolute Gasteiger partial charge is 0.309 e. The first-order valence-electron chi connectivity index (χ1n) is 21.5. The summed E-state index contributed by atoms with van der Waals surface area (Å²) in [6.07, 6.45) is 0. The number of benzene rings is 11. The molecule has 286 valence electrons. The molecule has 2 heterocycles. The lowest BCUT2D eigenvalue weighted by molar-refractivity contribution is 1.18. The maximum Gasteiger partial charge on any atom is 0.0619 e. The minimum absolute atomic E-state index is 1.16. The van der Waals surface area contributed by atoms with Crippen LogP contribution in [-0.2, 0) is 0 Å². The van der Waals surface area contributed by atoms with Gasteiger partial charge in [0.25, 0.3) is 0 Å². The highest BCUT2D eigenvalue weighted by atomic mass is 15.0. The number of rotatable bonds is 4. The standard InChI is InChI=1S/C60H36N2/c1-2-14-40(15-3-1)61-55-25-9-8-19-48(55)49-30-28-38(35-57(49)61)39-29-31-50-54-32-27-37-13-4-5-16-41(37)60(54)62(58(50)36-39)56-26-12-21-43-42(20-10-22-47(43)56)46-33-34-53-45-18-7-6-17-44(45)51-23-11-24-52(46)59(51)53/h1-36H. The van der Waals surface area contributed by atoms with E-state index in [2.05, 4.69) is 228 Å². The minimum atomic E-state index is 1.16. The van der Waals surface area contributed by atoms with E-state index in [0.29, 0.717) is 0 Å². The van der Waals surface area contributed by atoms with Crippen molar-refractivity contribution in [1.29, 1.82) is 0 Å². The fourth-order valence-corrected chi connectivity index (χ4v) is 11.0. The summed E-state index contributed by atoms with van der Waals surface area (Å²) < 4.78 is 4.95. The zero-order chi connectivity index (χ0) is 40.5. The molecule has 13 aromatic rings. The van der Waals surface area contributed by atoms with Gasteiger partial charge in [0.05, 0.1) is 27.8 Å². The molecular formula is C60H36N2. The van der Waals surface area contributed by atoms with Gasteiger partial charge in [-0.05, 0) is 102 Å². The lowest BCUT2D eigenvalue weighted by Gasteiger charge is -2.16. The Bertz CT molecular complexity index is 4000. The van der Waals surface area contributed by atoms with Gasteiger partial charge in [-0.25, -0.2) is 0 Å². The maximum atomic E-state index is 2.55. The zero-order valence-electron chi connectivity index (χ0n) is 33.7. The van der Waals surface area contributed by atoms with Crippen LogP contribution in [0.25, 0.3) is 132 Å². The van der Waals surface area contributed by atoms with Gasteiger partial charge in [0.2, 0.25) is 0 Å². The predicted octanol–water partition coefficient (Wildman–Crippen LogP) is 16.3. The fraction of sp³-hybridized carbons (Fsp3) is 0. The van der Waals surface area contributed by atoms with Gasteiger partial charge < -0.3 is 9.13 Å². The molecule has 0 unspecified atom stereocenters. The summed E-state index contributed by atoms with van der Waals surface area (Å²) in [6, 6.07) is 81.1. The smallest absolute Gasteiger partial charge is 0.0619 e. The molecule has 0 atom stereocenters. The number of fused-ring (bicyclic) bond motifs is 12. The molecular weight excluding hydrogens is 749 g/mol. The molecule has 0 saturated heterocycles. The van der Waals surface area contributed by atoms with Crippen molar-refractivity contribution in [2.24, 2.45) is 0 Å². The van der Waals surface area contributed by atoms with Crippen molar-refractivity contribution in [3.63, 3.8) is 0 Å². The van der Waals surface area contributed by atoms with Gasteiger partial charge in [-0.15, -0.1) is 0 Å². The summed E-state index contributed by atoms with van der Waals surface area (Å²) in [5.41, 5.74) is 17.4. The van der Waals surface area contributed by atoms with E-state index in [-0.39, 0.29) is 0 Å². The molecule has 1 aliphatic rings. The summed E-state index contributed by atoms with van der Waals surface area (Å²) in [7, 11) is 0. The Kier molecular flexibility index (Phi) is 6.86. The topological polar surface area (TPSA) is 9.86 Å². The van der Waals surface area contributed by atoms with Crippen LogP contribution >= 0.6 is 0 Å². The molecule has 2 aromatic heterocycles. The Labute approximate surface area is 357 Å². The van der Waals surface area contributed by atoms with Gasteiger partial charge in [-0.1, -0.05) is 182 Å². The summed E-state index contributed by atoms with van der Waals surface area (Å²) in [6.45, 7) is 0. The first-order valence-corrected chi connectivity index (χ1v) is 21.5. The number of para-hydroxylation sites is 2. The van der Waals surface area contributed by atoms with E-state index in [1.54, 1.807) is 0 Å². The van der Waals surface area contributed by atoms with Crippen LogP contribution in [0.3, 0.4) is 0 Å². The quantitative estimate of drug-likeness (QED) is 0.168. The van der Waals surface area contributed by atoms with Crippen LogP contribution in [0.1, 0.15) is 0 Å². The van der Waals surface area contributed by atoms with Crippen LogP contribution in [0.15, 0.2) is 218 Å². The maximum absolute atomic E-state index is 2.55. The van der Waals surface area contributed by atoms with Gasteiger partial charge in [-0.2, -0.15) is 0 Å². The summed E-state index contributed by atoms with van der Waals surface area (Å²) in [5.74, 6) is 0. The Balaban J connectivity index is 1.02. The second-order valence-corrected chi connectivity index (χ2v) is 16.8. The molecule has 0 saturated carbocycles. The Morgan fingerprint density at radius 2 is 0.790 bits per heavy atom. The second-order valence-electron chi connectivity index (χ2n) is 16.8. The number of nitrogens with zero attached hydrogens (tertiary/aromatic N) is 2. The van der Waals surface area contributed by atoms with Gasteiger partial charge >= 0.3 is 0 Å². The number of aromatic nitrogens is 2. The molecule has 62 heavy (non-hydrogen) atoms. The average Bonchev–Trinajstić information content (AvgIpc) is 3.98. The van der Waals surface area contributed by atoms with Crippen molar-refractivity contribution < 1.29 is 0 Å².